The van der Waals surface area contributed by atoms with Gasteiger partial charge in [-0.15, -0.1) is 0 Å². The van der Waals surface area contributed by atoms with Crippen LogP contribution in [0.4, 0.5) is 0 Å². The molecule has 0 unspecified atom stereocenters. The van der Waals surface area contributed by atoms with Gasteiger partial charge in [-0.1, -0.05) is 13.8 Å². The summed E-state index contributed by atoms with van der Waals surface area (Å²) in [4.78, 5) is 0. The Morgan fingerprint density at radius 1 is 1.42 bits per heavy atom. The Labute approximate surface area is 74.6 Å². The molecule has 0 radical (unpaired) electrons. The quantitative estimate of drug-likeness (QED) is 0.711. The van der Waals surface area contributed by atoms with Crippen molar-refractivity contribution in [2.24, 2.45) is 5.41 Å². The van der Waals surface area contributed by atoms with Crippen LogP contribution in [-0.4, -0.2) is 20.7 Å². The average molecular weight is 191 g/mol. The molecule has 3 nitrogen and oxygen atoms in total. The minimum Gasteiger partial charge on any atom is -0.213 e. The standard InChI is InChI=1S/C8H17NO2S/c1-8(2)5-4-7(6-8)9-12(3,10)11/h7,9H,4-6H2,1-3H3/t7-/m1/s1. The van der Waals surface area contributed by atoms with Gasteiger partial charge in [-0.3, -0.25) is 0 Å². The molecular weight excluding hydrogens is 174 g/mol. The van der Waals surface area contributed by atoms with Gasteiger partial charge in [0.05, 0.1) is 6.26 Å². The molecule has 1 aliphatic carbocycles. The van der Waals surface area contributed by atoms with Gasteiger partial charge in [-0.05, 0) is 24.7 Å². The first kappa shape index (κ1) is 9.99. The van der Waals surface area contributed by atoms with Gasteiger partial charge in [0.1, 0.15) is 0 Å². The third-order valence-corrected chi connectivity index (χ3v) is 3.11. The molecule has 12 heavy (non-hydrogen) atoms. The molecule has 1 N–H and O–H groups in total. The Bertz CT molecular complexity index is 256. The summed E-state index contributed by atoms with van der Waals surface area (Å²) in [5.41, 5.74) is 0.308. The van der Waals surface area contributed by atoms with Crippen LogP contribution in [0.25, 0.3) is 0 Å². The van der Waals surface area contributed by atoms with Crippen LogP contribution in [0, 0.1) is 5.41 Å². The van der Waals surface area contributed by atoms with Crippen molar-refractivity contribution in [3.63, 3.8) is 0 Å². The summed E-state index contributed by atoms with van der Waals surface area (Å²) in [7, 11) is -3.01. The number of hydrogen-bond acceptors (Lipinski definition) is 2. The lowest BCUT2D eigenvalue weighted by Gasteiger charge is -2.16. The maximum atomic E-state index is 10.9. The highest BCUT2D eigenvalue weighted by Gasteiger charge is 2.31. The van der Waals surface area contributed by atoms with E-state index in [0.717, 1.165) is 19.3 Å². The van der Waals surface area contributed by atoms with Crippen LogP contribution in [0.5, 0.6) is 0 Å². The fourth-order valence-corrected chi connectivity index (χ4v) is 2.65. The van der Waals surface area contributed by atoms with Crippen molar-refractivity contribution in [1.29, 1.82) is 0 Å². The third kappa shape index (κ3) is 3.11. The van der Waals surface area contributed by atoms with Crippen LogP contribution >= 0.6 is 0 Å². The van der Waals surface area contributed by atoms with Gasteiger partial charge in [0.15, 0.2) is 0 Å². The fraction of sp³-hybridized carbons (Fsp3) is 1.00. The molecule has 0 aromatic heterocycles. The predicted octanol–water partition coefficient (Wildman–Crippen LogP) is 1.11. The van der Waals surface area contributed by atoms with Gasteiger partial charge in [-0.25, -0.2) is 13.1 Å². The minimum absolute atomic E-state index is 0.162. The summed E-state index contributed by atoms with van der Waals surface area (Å²) in [6, 6.07) is 0.162. The Kier molecular flexibility index (Phi) is 2.50. The number of nitrogens with one attached hydrogen (secondary N) is 1. The number of hydrogen-bond donors (Lipinski definition) is 1. The molecule has 0 heterocycles. The summed E-state index contributed by atoms with van der Waals surface area (Å²) in [5, 5.41) is 0. The van der Waals surface area contributed by atoms with Crippen molar-refractivity contribution in [2.45, 2.75) is 39.2 Å². The zero-order valence-electron chi connectivity index (χ0n) is 7.92. The molecule has 4 heteroatoms. The van der Waals surface area contributed by atoms with E-state index >= 15 is 0 Å². The molecular formula is C8H17NO2S. The van der Waals surface area contributed by atoms with Crippen LogP contribution in [0.1, 0.15) is 33.1 Å². The van der Waals surface area contributed by atoms with E-state index in [2.05, 4.69) is 18.6 Å². The molecule has 1 aliphatic rings. The van der Waals surface area contributed by atoms with Crippen molar-refractivity contribution < 1.29 is 8.42 Å². The summed E-state index contributed by atoms with van der Waals surface area (Å²) >= 11 is 0. The van der Waals surface area contributed by atoms with Gasteiger partial charge < -0.3 is 0 Å². The highest BCUT2D eigenvalue weighted by Crippen LogP contribution is 2.36. The zero-order valence-corrected chi connectivity index (χ0v) is 8.74. The van der Waals surface area contributed by atoms with E-state index in [-0.39, 0.29) is 6.04 Å². The SMILES string of the molecule is CC1(C)CC[C@@H](NS(C)(=O)=O)C1. The second-order valence-electron chi connectivity index (χ2n) is 4.49. The lowest BCUT2D eigenvalue weighted by molar-refractivity contribution is 0.372. The maximum Gasteiger partial charge on any atom is 0.208 e. The highest BCUT2D eigenvalue weighted by atomic mass is 32.2. The Balaban J connectivity index is 2.49. The Hall–Kier alpha value is -0.0900. The molecule has 0 aromatic carbocycles. The van der Waals surface area contributed by atoms with Crippen molar-refractivity contribution in [2.75, 3.05) is 6.26 Å². The van der Waals surface area contributed by atoms with Crippen molar-refractivity contribution in [1.82, 2.24) is 4.72 Å². The first-order valence-electron chi connectivity index (χ1n) is 4.26. The lowest BCUT2D eigenvalue weighted by atomic mass is 9.92. The monoisotopic (exact) mass is 191 g/mol. The van der Waals surface area contributed by atoms with Crippen LogP contribution in [0.3, 0.4) is 0 Å². The molecule has 0 aromatic rings. The maximum absolute atomic E-state index is 10.9. The largest absolute Gasteiger partial charge is 0.213 e. The normalized spacial score (nSPS) is 29.1. The second-order valence-corrected chi connectivity index (χ2v) is 6.27. The van der Waals surface area contributed by atoms with Crippen molar-refractivity contribution >= 4 is 10.0 Å². The van der Waals surface area contributed by atoms with E-state index in [0.29, 0.717) is 5.41 Å². The van der Waals surface area contributed by atoms with E-state index in [4.69, 9.17) is 0 Å². The molecule has 1 saturated carbocycles. The molecule has 1 rings (SSSR count). The summed E-state index contributed by atoms with van der Waals surface area (Å²) in [6.07, 6.45) is 4.26. The van der Waals surface area contributed by atoms with Crippen LogP contribution in [0.2, 0.25) is 0 Å². The smallest absolute Gasteiger partial charge is 0.208 e. The molecule has 0 spiro atoms. The zero-order chi connectivity index (χ0) is 9.41. The van der Waals surface area contributed by atoms with E-state index < -0.39 is 10.0 Å². The van der Waals surface area contributed by atoms with Crippen LogP contribution < -0.4 is 4.72 Å². The lowest BCUT2D eigenvalue weighted by Crippen LogP contribution is -2.32. The number of sulfonamides is 1. The highest BCUT2D eigenvalue weighted by molar-refractivity contribution is 7.88. The van der Waals surface area contributed by atoms with Gasteiger partial charge in [-0.2, -0.15) is 0 Å². The van der Waals surface area contributed by atoms with Gasteiger partial charge in [0, 0.05) is 6.04 Å². The minimum atomic E-state index is -3.01. The van der Waals surface area contributed by atoms with E-state index in [9.17, 15) is 8.42 Å². The summed E-state index contributed by atoms with van der Waals surface area (Å²) in [6.45, 7) is 4.36. The van der Waals surface area contributed by atoms with Crippen molar-refractivity contribution in [3.05, 3.63) is 0 Å². The molecule has 0 saturated heterocycles. The molecule has 0 amide bonds. The molecule has 1 atom stereocenters. The fourth-order valence-electron chi connectivity index (χ4n) is 1.84. The third-order valence-electron chi connectivity index (χ3n) is 2.35. The van der Waals surface area contributed by atoms with E-state index in [1.807, 2.05) is 0 Å². The van der Waals surface area contributed by atoms with Gasteiger partial charge in [0.25, 0.3) is 0 Å². The molecule has 1 fully saturated rings. The molecule has 0 bridgehead atoms. The first-order chi connectivity index (χ1) is 5.29. The summed E-state index contributed by atoms with van der Waals surface area (Å²) in [5.74, 6) is 0. The first-order valence-corrected chi connectivity index (χ1v) is 6.15. The Morgan fingerprint density at radius 3 is 2.33 bits per heavy atom. The van der Waals surface area contributed by atoms with Crippen LogP contribution in [-0.2, 0) is 10.0 Å². The molecule has 0 aliphatic heterocycles. The average Bonchev–Trinajstić information content (AvgIpc) is 2.05. The molecule has 72 valence electrons. The topological polar surface area (TPSA) is 46.2 Å². The number of rotatable bonds is 2. The van der Waals surface area contributed by atoms with Gasteiger partial charge >= 0.3 is 0 Å². The summed E-state index contributed by atoms with van der Waals surface area (Å²) < 4.78 is 24.4. The van der Waals surface area contributed by atoms with E-state index in [1.165, 1.54) is 6.26 Å². The van der Waals surface area contributed by atoms with Crippen molar-refractivity contribution in [3.8, 4) is 0 Å². The van der Waals surface area contributed by atoms with E-state index in [1.54, 1.807) is 0 Å². The Morgan fingerprint density at radius 2 is 2.00 bits per heavy atom. The second kappa shape index (κ2) is 3.00. The predicted molar refractivity (Wildman–Crippen MR) is 49.4 cm³/mol. The van der Waals surface area contributed by atoms with Crippen LogP contribution in [0.15, 0.2) is 0 Å². The van der Waals surface area contributed by atoms with Gasteiger partial charge in [0.2, 0.25) is 10.0 Å².